The third-order valence-electron chi connectivity index (χ3n) is 3.77. The van der Waals surface area contributed by atoms with Crippen LogP contribution in [-0.2, 0) is 0 Å². The number of hydrogen-bond donors (Lipinski definition) is 2. The standard InChI is InChI=1S/C15H24N2/c1-12-6-3-4-8-15(12)13(2)17-11-14-7-5-9-16-10-14/h3-4,6,8,13-14,16-17H,5,7,9-11H2,1-2H3/t13-,14?/m0/s1. The zero-order chi connectivity index (χ0) is 12.1. The van der Waals surface area contributed by atoms with E-state index in [9.17, 15) is 0 Å². The fourth-order valence-corrected chi connectivity index (χ4v) is 2.62. The van der Waals surface area contributed by atoms with Gasteiger partial charge < -0.3 is 10.6 Å². The van der Waals surface area contributed by atoms with Gasteiger partial charge in [0.2, 0.25) is 0 Å². The minimum Gasteiger partial charge on any atom is -0.316 e. The second-order valence-corrected chi connectivity index (χ2v) is 5.20. The van der Waals surface area contributed by atoms with Crippen LogP contribution in [0.1, 0.15) is 36.9 Å². The monoisotopic (exact) mass is 232 g/mol. The van der Waals surface area contributed by atoms with Gasteiger partial charge in [-0.15, -0.1) is 0 Å². The SMILES string of the molecule is Cc1ccccc1[C@H](C)NCC1CCCNC1. The molecule has 1 aliphatic heterocycles. The van der Waals surface area contributed by atoms with E-state index in [-0.39, 0.29) is 0 Å². The highest BCUT2D eigenvalue weighted by atomic mass is 14.9. The Morgan fingerprint density at radius 2 is 2.24 bits per heavy atom. The molecule has 1 saturated heterocycles. The second kappa shape index (κ2) is 6.18. The second-order valence-electron chi connectivity index (χ2n) is 5.20. The van der Waals surface area contributed by atoms with Gasteiger partial charge in [-0.1, -0.05) is 24.3 Å². The normalized spacial score (nSPS) is 22.4. The first-order valence-corrected chi connectivity index (χ1v) is 6.77. The molecular formula is C15H24N2. The van der Waals surface area contributed by atoms with Crippen LogP contribution in [0.4, 0.5) is 0 Å². The molecule has 2 atom stereocenters. The summed E-state index contributed by atoms with van der Waals surface area (Å²) in [6, 6.07) is 9.11. The molecule has 2 rings (SSSR count). The molecule has 0 radical (unpaired) electrons. The summed E-state index contributed by atoms with van der Waals surface area (Å²) < 4.78 is 0. The van der Waals surface area contributed by atoms with E-state index in [1.54, 1.807) is 0 Å². The molecule has 2 nitrogen and oxygen atoms in total. The predicted molar refractivity (Wildman–Crippen MR) is 73.2 cm³/mol. The number of hydrogen-bond acceptors (Lipinski definition) is 2. The smallest absolute Gasteiger partial charge is 0.0294 e. The zero-order valence-electron chi connectivity index (χ0n) is 11.0. The van der Waals surface area contributed by atoms with E-state index in [1.165, 1.54) is 37.1 Å². The van der Waals surface area contributed by atoms with Crippen molar-refractivity contribution in [3.05, 3.63) is 35.4 Å². The maximum Gasteiger partial charge on any atom is 0.0294 e. The van der Waals surface area contributed by atoms with Crippen LogP contribution in [0.15, 0.2) is 24.3 Å². The Kier molecular flexibility index (Phi) is 4.57. The van der Waals surface area contributed by atoms with Crippen molar-refractivity contribution in [1.29, 1.82) is 0 Å². The van der Waals surface area contributed by atoms with Gasteiger partial charge in [0.15, 0.2) is 0 Å². The fraction of sp³-hybridized carbons (Fsp3) is 0.600. The molecule has 17 heavy (non-hydrogen) atoms. The van der Waals surface area contributed by atoms with Gasteiger partial charge in [0.1, 0.15) is 0 Å². The van der Waals surface area contributed by atoms with Crippen LogP contribution in [0.2, 0.25) is 0 Å². The number of rotatable bonds is 4. The summed E-state index contributed by atoms with van der Waals surface area (Å²) in [5.41, 5.74) is 2.81. The Morgan fingerprint density at radius 1 is 1.41 bits per heavy atom. The van der Waals surface area contributed by atoms with Gasteiger partial charge in [-0.05, 0) is 63.4 Å². The Balaban J connectivity index is 1.84. The summed E-state index contributed by atoms with van der Waals surface area (Å²) >= 11 is 0. The van der Waals surface area contributed by atoms with Crippen molar-refractivity contribution >= 4 is 0 Å². The molecule has 1 fully saturated rings. The maximum atomic E-state index is 3.67. The molecule has 1 unspecified atom stereocenters. The van der Waals surface area contributed by atoms with Gasteiger partial charge in [-0.3, -0.25) is 0 Å². The Hall–Kier alpha value is -0.860. The van der Waals surface area contributed by atoms with Crippen molar-refractivity contribution in [3.63, 3.8) is 0 Å². The first-order valence-electron chi connectivity index (χ1n) is 6.77. The molecule has 0 aromatic heterocycles. The van der Waals surface area contributed by atoms with Gasteiger partial charge in [-0.2, -0.15) is 0 Å². The van der Waals surface area contributed by atoms with E-state index in [1.807, 2.05) is 0 Å². The average molecular weight is 232 g/mol. The number of aryl methyl sites for hydroxylation is 1. The van der Waals surface area contributed by atoms with Crippen LogP contribution in [-0.4, -0.2) is 19.6 Å². The highest BCUT2D eigenvalue weighted by Gasteiger charge is 2.14. The van der Waals surface area contributed by atoms with Crippen molar-refractivity contribution in [3.8, 4) is 0 Å². The summed E-state index contributed by atoms with van der Waals surface area (Å²) in [5.74, 6) is 0.801. The molecule has 1 aromatic carbocycles. The van der Waals surface area contributed by atoms with Crippen LogP contribution in [0.3, 0.4) is 0 Å². The van der Waals surface area contributed by atoms with Crippen LogP contribution < -0.4 is 10.6 Å². The highest BCUT2D eigenvalue weighted by molar-refractivity contribution is 5.28. The number of benzene rings is 1. The minimum atomic E-state index is 0.457. The molecule has 1 aliphatic rings. The number of nitrogens with one attached hydrogen (secondary N) is 2. The largest absolute Gasteiger partial charge is 0.316 e. The van der Waals surface area contributed by atoms with E-state index >= 15 is 0 Å². The van der Waals surface area contributed by atoms with Gasteiger partial charge in [-0.25, -0.2) is 0 Å². The number of piperidine rings is 1. The van der Waals surface area contributed by atoms with Gasteiger partial charge in [0.05, 0.1) is 0 Å². The summed E-state index contributed by atoms with van der Waals surface area (Å²) in [7, 11) is 0. The fourth-order valence-electron chi connectivity index (χ4n) is 2.62. The molecule has 1 heterocycles. The van der Waals surface area contributed by atoms with E-state index in [0.29, 0.717) is 6.04 Å². The zero-order valence-corrected chi connectivity index (χ0v) is 11.0. The summed E-state index contributed by atoms with van der Waals surface area (Å²) in [5, 5.41) is 7.14. The molecule has 1 aromatic rings. The van der Waals surface area contributed by atoms with Crippen molar-refractivity contribution in [2.75, 3.05) is 19.6 Å². The predicted octanol–water partition coefficient (Wildman–Crippen LogP) is 2.65. The lowest BCUT2D eigenvalue weighted by atomic mass is 9.98. The first-order chi connectivity index (χ1) is 8.27. The lowest BCUT2D eigenvalue weighted by Crippen LogP contribution is -2.36. The quantitative estimate of drug-likeness (QED) is 0.834. The third-order valence-corrected chi connectivity index (χ3v) is 3.77. The van der Waals surface area contributed by atoms with Crippen molar-refractivity contribution < 1.29 is 0 Å². The third kappa shape index (κ3) is 3.55. The Labute approximate surface area is 105 Å². The highest BCUT2D eigenvalue weighted by Crippen LogP contribution is 2.17. The van der Waals surface area contributed by atoms with E-state index in [4.69, 9.17) is 0 Å². The topological polar surface area (TPSA) is 24.1 Å². The van der Waals surface area contributed by atoms with Gasteiger partial charge >= 0.3 is 0 Å². The van der Waals surface area contributed by atoms with E-state index in [0.717, 1.165) is 12.5 Å². The molecule has 2 heteroatoms. The Morgan fingerprint density at radius 3 is 2.94 bits per heavy atom. The molecule has 2 N–H and O–H groups in total. The van der Waals surface area contributed by atoms with Crippen molar-refractivity contribution in [2.24, 2.45) is 5.92 Å². The van der Waals surface area contributed by atoms with Crippen LogP contribution in [0, 0.1) is 12.8 Å². The summed E-state index contributed by atoms with van der Waals surface area (Å²) in [6.07, 6.45) is 2.69. The summed E-state index contributed by atoms with van der Waals surface area (Å²) in [6.45, 7) is 7.95. The van der Waals surface area contributed by atoms with Crippen LogP contribution in [0.5, 0.6) is 0 Å². The van der Waals surface area contributed by atoms with E-state index < -0.39 is 0 Å². The van der Waals surface area contributed by atoms with E-state index in [2.05, 4.69) is 48.7 Å². The first kappa shape index (κ1) is 12.6. The molecule has 0 spiro atoms. The lowest BCUT2D eigenvalue weighted by molar-refractivity contribution is 0.348. The van der Waals surface area contributed by atoms with Crippen molar-refractivity contribution in [1.82, 2.24) is 10.6 Å². The van der Waals surface area contributed by atoms with Gasteiger partial charge in [0.25, 0.3) is 0 Å². The molecule has 0 amide bonds. The lowest BCUT2D eigenvalue weighted by Gasteiger charge is -2.25. The maximum absolute atomic E-state index is 3.67. The van der Waals surface area contributed by atoms with Crippen LogP contribution in [0.25, 0.3) is 0 Å². The molecule has 0 bridgehead atoms. The minimum absolute atomic E-state index is 0.457. The van der Waals surface area contributed by atoms with Gasteiger partial charge in [0, 0.05) is 6.04 Å². The molecule has 94 valence electrons. The summed E-state index contributed by atoms with van der Waals surface area (Å²) in [4.78, 5) is 0. The molecule has 0 aliphatic carbocycles. The average Bonchev–Trinajstić information content (AvgIpc) is 2.38. The van der Waals surface area contributed by atoms with Crippen LogP contribution >= 0.6 is 0 Å². The molecular weight excluding hydrogens is 208 g/mol. The van der Waals surface area contributed by atoms with Crippen molar-refractivity contribution in [2.45, 2.75) is 32.7 Å². The molecule has 0 saturated carbocycles. The Bertz CT molecular complexity index is 343.